The van der Waals surface area contributed by atoms with Crippen LogP contribution in [0.3, 0.4) is 0 Å². The second kappa shape index (κ2) is 9.91. The fourth-order valence-corrected chi connectivity index (χ4v) is 5.97. The number of carbonyl (C=O) groups is 1. The van der Waals surface area contributed by atoms with Crippen LogP contribution >= 0.6 is 11.3 Å². The van der Waals surface area contributed by atoms with Crippen LogP contribution in [-0.2, 0) is 10.0 Å². The molecule has 1 aliphatic heterocycles. The number of hydrogen-bond acceptors (Lipinski definition) is 6. The fourth-order valence-electron chi connectivity index (χ4n) is 3.79. The van der Waals surface area contributed by atoms with E-state index in [2.05, 4.69) is 10.3 Å². The highest BCUT2D eigenvalue weighted by molar-refractivity contribution is 7.89. The standard InChI is InChI=1S/C23H25N3O4S2/c27-15-12-17-10-13-26(14-11-17)32(29,30)20-8-6-19(7-9-20)22(28)25-23-24-21(16-31-23)18-4-2-1-3-5-18/h1-9,16-17,27H,10-15H2,(H,24,25,28). The number of aliphatic hydroxyl groups is 1. The van der Waals surface area contributed by atoms with Gasteiger partial charge in [0.2, 0.25) is 10.0 Å². The first-order valence-corrected chi connectivity index (χ1v) is 12.8. The number of nitrogens with one attached hydrogen (secondary N) is 1. The van der Waals surface area contributed by atoms with Gasteiger partial charge in [-0.1, -0.05) is 30.3 Å². The molecule has 2 heterocycles. The molecule has 2 N–H and O–H groups in total. The van der Waals surface area contributed by atoms with Crippen LogP contribution in [0.2, 0.25) is 0 Å². The molecule has 0 saturated carbocycles. The Morgan fingerprint density at radius 1 is 1.09 bits per heavy atom. The van der Waals surface area contributed by atoms with Gasteiger partial charge in [0.05, 0.1) is 10.6 Å². The van der Waals surface area contributed by atoms with Crippen molar-refractivity contribution < 1.29 is 18.3 Å². The molecule has 0 bridgehead atoms. The van der Waals surface area contributed by atoms with Crippen LogP contribution in [0.4, 0.5) is 5.13 Å². The van der Waals surface area contributed by atoms with Gasteiger partial charge in [0, 0.05) is 36.2 Å². The van der Waals surface area contributed by atoms with Gasteiger partial charge in [-0.25, -0.2) is 13.4 Å². The summed E-state index contributed by atoms with van der Waals surface area (Å²) in [4.78, 5) is 17.2. The summed E-state index contributed by atoms with van der Waals surface area (Å²) in [5.41, 5.74) is 2.12. The first-order valence-electron chi connectivity index (χ1n) is 10.5. The van der Waals surface area contributed by atoms with E-state index >= 15 is 0 Å². The minimum atomic E-state index is -3.60. The molecule has 7 nitrogen and oxygen atoms in total. The molecule has 1 aliphatic rings. The summed E-state index contributed by atoms with van der Waals surface area (Å²) >= 11 is 1.34. The first kappa shape index (κ1) is 22.6. The van der Waals surface area contributed by atoms with Crippen molar-refractivity contribution >= 4 is 32.4 Å². The van der Waals surface area contributed by atoms with Crippen LogP contribution in [0.1, 0.15) is 29.6 Å². The number of benzene rings is 2. The highest BCUT2D eigenvalue weighted by atomic mass is 32.2. The van der Waals surface area contributed by atoms with Crippen molar-refractivity contribution in [1.82, 2.24) is 9.29 Å². The largest absolute Gasteiger partial charge is 0.396 e. The Balaban J connectivity index is 1.40. The van der Waals surface area contributed by atoms with Crippen LogP contribution in [0.25, 0.3) is 11.3 Å². The maximum absolute atomic E-state index is 12.9. The molecule has 0 spiro atoms. The summed E-state index contributed by atoms with van der Waals surface area (Å²) in [5, 5.41) is 14.2. The topological polar surface area (TPSA) is 99.6 Å². The van der Waals surface area contributed by atoms with Crippen molar-refractivity contribution in [2.45, 2.75) is 24.2 Å². The average Bonchev–Trinajstić information content (AvgIpc) is 3.29. The van der Waals surface area contributed by atoms with Crippen molar-refractivity contribution in [3.8, 4) is 11.3 Å². The molecule has 3 aromatic rings. The van der Waals surface area contributed by atoms with Crippen LogP contribution in [0.5, 0.6) is 0 Å². The third-order valence-electron chi connectivity index (χ3n) is 5.66. The van der Waals surface area contributed by atoms with E-state index in [9.17, 15) is 13.2 Å². The average molecular weight is 472 g/mol. The third-order valence-corrected chi connectivity index (χ3v) is 8.33. The molecule has 0 radical (unpaired) electrons. The van der Waals surface area contributed by atoms with E-state index in [1.165, 1.54) is 39.9 Å². The maximum Gasteiger partial charge on any atom is 0.257 e. The van der Waals surface area contributed by atoms with Gasteiger partial charge in [-0.15, -0.1) is 11.3 Å². The van der Waals surface area contributed by atoms with Gasteiger partial charge in [-0.05, 0) is 49.4 Å². The Kier molecular flexibility index (Phi) is 7.00. The van der Waals surface area contributed by atoms with Crippen LogP contribution in [0.15, 0.2) is 64.9 Å². The van der Waals surface area contributed by atoms with Gasteiger partial charge >= 0.3 is 0 Å². The van der Waals surface area contributed by atoms with E-state index in [-0.39, 0.29) is 17.4 Å². The van der Waals surface area contributed by atoms with E-state index in [0.717, 1.165) is 24.1 Å². The Hall–Kier alpha value is -2.59. The van der Waals surface area contributed by atoms with Crippen molar-refractivity contribution in [2.24, 2.45) is 5.92 Å². The molecule has 4 rings (SSSR count). The van der Waals surface area contributed by atoms with Crippen LogP contribution < -0.4 is 5.32 Å². The molecule has 1 aromatic heterocycles. The number of amides is 1. The second-order valence-electron chi connectivity index (χ2n) is 7.74. The summed E-state index contributed by atoms with van der Waals surface area (Å²) in [7, 11) is -3.60. The third kappa shape index (κ3) is 5.07. The van der Waals surface area contributed by atoms with Crippen molar-refractivity contribution in [3.05, 3.63) is 65.5 Å². The molecular weight excluding hydrogens is 446 g/mol. The monoisotopic (exact) mass is 471 g/mol. The Morgan fingerprint density at radius 3 is 2.44 bits per heavy atom. The van der Waals surface area contributed by atoms with Crippen molar-refractivity contribution in [1.29, 1.82) is 0 Å². The van der Waals surface area contributed by atoms with Gasteiger partial charge in [0.25, 0.3) is 5.91 Å². The highest BCUT2D eigenvalue weighted by Gasteiger charge is 2.29. The predicted molar refractivity (Wildman–Crippen MR) is 125 cm³/mol. The normalized spacial score (nSPS) is 15.5. The number of piperidine rings is 1. The molecule has 9 heteroatoms. The summed E-state index contributed by atoms with van der Waals surface area (Å²) in [5.74, 6) is 0.0264. The molecule has 32 heavy (non-hydrogen) atoms. The summed E-state index contributed by atoms with van der Waals surface area (Å²) in [6, 6.07) is 15.7. The second-order valence-corrected chi connectivity index (χ2v) is 10.5. The molecule has 1 fully saturated rings. The quantitative estimate of drug-likeness (QED) is 0.545. The number of aromatic nitrogens is 1. The number of thiazole rings is 1. The van der Waals surface area contributed by atoms with Crippen LogP contribution in [0, 0.1) is 5.92 Å². The number of anilines is 1. The Labute approximate surface area is 191 Å². The summed E-state index contributed by atoms with van der Waals surface area (Å²) < 4.78 is 27.3. The molecule has 2 aromatic carbocycles. The summed E-state index contributed by atoms with van der Waals surface area (Å²) in [6.45, 7) is 1.03. The molecule has 0 unspecified atom stereocenters. The zero-order valence-corrected chi connectivity index (χ0v) is 19.1. The van der Waals surface area contributed by atoms with Crippen molar-refractivity contribution in [3.63, 3.8) is 0 Å². The fraction of sp³-hybridized carbons (Fsp3) is 0.304. The van der Waals surface area contributed by atoms with Gasteiger partial charge < -0.3 is 5.11 Å². The van der Waals surface area contributed by atoms with E-state index in [1.807, 2.05) is 35.7 Å². The minimum Gasteiger partial charge on any atom is -0.396 e. The van der Waals surface area contributed by atoms with E-state index in [1.54, 1.807) is 0 Å². The predicted octanol–water partition coefficient (Wildman–Crippen LogP) is 3.85. The van der Waals surface area contributed by atoms with Gasteiger partial charge in [0.15, 0.2) is 5.13 Å². The SMILES string of the molecule is O=C(Nc1nc(-c2ccccc2)cs1)c1ccc(S(=O)(=O)N2CCC(CCO)CC2)cc1. The lowest BCUT2D eigenvalue weighted by Crippen LogP contribution is -2.38. The molecule has 168 valence electrons. The zero-order chi connectivity index (χ0) is 22.6. The van der Waals surface area contributed by atoms with Gasteiger partial charge in [-0.3, -0.25) is 10.1 Å². The lowest BCUT2D eigenvalue weighted by molar-refractivity contribution is 0.102. The smallest absolute Gasteiger partial charge is 0.257 e. The number of nitrogens with zero attached hydrogens (tertiary/aromatic N) is 2. The maximum atomic E-state index is 12.9. The van der Waals surface area contributed by atoms with Crippen molar-refractivity contribution in [2.75, 3.05) is 25.0 Å². The highest BCUT2D eigenvalue weighted by Crippen LogP contribution is 2.27. The Morgan fingerprint density at radius 2 is 1.78 bits per heavy atom. The first-order chi connectivity index (χ1) is 15.5. The number of rotatable bonds is 7. The van der Waals surface area contributed by atoms with Crippen LogP contribution in [-0.4, -0.2) is 48.4 Å². The van der Waals surface area contributed by atoms with Gasteiger partial charge in [-0.2, -0.15) is 4.31 Å². The lowest BCUT2D eigenvalue weighted by atomic mass is 9.95. The number of carbonyl (C=O) groups excluding carboxylic acids is 1. The Bertz CT molecular complexity index is 1150. The van der Waals surface area contributed by atoms with E-state index < -0.39 is 10.0 Å². The number of hydrogen-bond donors (Lipinski definition) is 2. The molecule has 1 saturated heterocycles. The van der Waals surface area contributed by atoms with E-state index in [4.69, 9.17) is 5.11 Å². The van der Waals surface area contributed by atoms with Gasteiger partial charge in [0.1, 0.15) is 0 Å². The molecule has 1 amide bonds. The summed E-state index contributed by atoms with van der Waals surface area (Å²) in [6.07, 6.45) is 2.21. The number of aliphatic hydroxyl groups excluding tert-OH is 1. The zero-order valence-electron chi connectivity index (χ0n) is 17.5. The molecule has 0 aliphatic carbocycles. The number of sulfonamides is 1. The molecular formula is C23H25N3O4S2. The minimum absolute atomic E-state index is 0.134. The molecule has 0 atom stereocenters. The van der Waals surface area contributed by atoms with E-state index in [0.29, 0.717) is 36.1 Å². The lowest BCUT2D eigenvalue weighted by Gasteiger charge is -2.30.